The molecule has 170 valence electrons. The van der Waals surface area contributed by atoms with E-state index in [2.05, 4.69) is 58.6 Å². The van der Waals surface area contributed by atoms with Gasteiger partial charge < -0.3 is 20.0 Å². The van der Waals surface area contributed by atoms with Gasteiger partial charge in [0.05, 0.1) is 12.6 Å². The number of oxazole rings is 1. The van der Waals surface area contributed by atoms with Crippen LogP contribution in [0.25, 0.3) is 11.5 Å². The molecule has 7 heteroatoms. The Kier molecular flexibility index (Phi) is 8.96. The molecule has 1 aromatic heterocycles. The highest BCUT2D eigenvalue weighted by molar-refractivity contribution is 14.0. The maximum Gasteiger partial charge on any atom is 0.226 e. The van der Waals surface area contributed by atoms with Crippen LogP contribution in [-0.2, 0) is 6.54 Å². The molecule has 1 aliphatic heterocycles. The number of hydrogen-bond acceptors (Lipinski definition) is 4. The third kappa shape index (κ3) is 6.25. The summed E-state index contributed by atoms with van der Waals surface area (Å²) < 4.78 is 5.63. The Bertz CT molecular complexity index is 998. The van der Waals surface area contributed by atoms with Crippen LogP contribution in [0, 0.1) is 0 Å². The molecule has 0 saturated carbocycles. The van der Waals surface area contributed by atoms with E-state index in [9.17, 15) is 0 Å². The first-order valence-corrected chi connectivity index (χ1v) is 11.1. The molecule has 1 saturated heterocycles. The highest BCUT2D eigenvalue weighted by atomic mass is 127. The van der Waals surface area contributed by atoms with Crippen LogP contribution in [0.15, 0.2) is 70.3 Å². The van der Waals surface area contributed by atoms with Crippen molar-refractivity contribution < 1.29 is 4.42 Å². The van der Waals surface area contributed by atoms with Gasteiger partial charge in [-0.2, -0.15) is 0 Å². The number of hydrogen-bond donors (Lipinski definition) is 2. The summed E-state index contributed by atoms with van der Waals surface area (Å²) >= 11 is 0. The molecule has 1 aliphatic rings. The van der Waals surface area contributed by atoms with E-state index in [1.165, 1.54) is 24.1 Å². The molecule has 3 aromatic rings. The van der Waals surface area contributed by atoms with Crippen LogP contribution in [0.1, 0.15) is 44.0 Å². The van der Waals surface area contributed by atoms with Crippen LogP contribution in [0.5, 0.6) is 0 Å². The van der Waals surface area contributed by atoms with Gasteiger partial charge in [0.2, 0.25) is 5.89 Å². The van der Waals surface area contributed by atoms with Crippen molar-refractivity contribution in [2.24, 2.45) is 4.99 Å². The maximum atomic E-state index is 5.63. The zero-order valence-corrected chi connectivity index (χ0v) is 21.1. The van der Waals surface area contributed by atoms with Gasteiger partial charge >= 0.3 is 0 Å². The molecule has 0 bridgehead atoms. The predicted molar refractivity (Wildman–Crippen MR) is 142 cm³/mol. The Balaban J connectivity index is 0.00000289. The average Bonchev–Trinajstić information content (AvgIpc) is 3.51. The van der Waals surface area contributed by atoms with Crippen molar-refractivity contribution >= 4 is 35.6 Å². The van der Waals surface area contributed by atoms with Crippen LogP contribution < -0.4 is 15.5 Å². The molecule has 0 spiro atoms. The van der Waals surface area contributed by atoms with E-state index in [4.69, 9.17) is 9.41 Å². The fraction of sp³-hybridized carbons (Fsp3) is 0.360. The maximum absolute atomic E-state index is 5.63. The number of aromatic nitrogens is 1. The molecule has 32 heavy (non-hydrogen) atoms. The lowest BCUT2D eigenvalue weighted by atomic mass is 10.1. The van der Waals surface area contributed by atoms with E-state index in [0.29, 0.717) is 12.4 Å². The Hall–Kier alpha value is -2.55. The molecule has 0 amide bonds. The van der Waals surface area contributed by atoms with Crippen LogP contribution >= 0.6 is 24.0 Å². The van der Waals surface area contributed by atoms with Gasteiger partial charge in [0.1, 0.15) is 12.0 Å². The van der Waals surface area contributed by atoms with Gasteiger partial charge in [-0.3, -0.25) is 0 Å². The first-order chi connectivity index (χ1) is 15.2. The molecule has 0 radical (unpaired) electrons. The van der Waals surface area contributed by atoms with Gasteiger partial charge in [-0.1, -0.05) is 30.3 Å². The summed E-state index contributed by atoms with van der Waals surface area (Å²) in [6, 6.07) is 18.9. The molecular weight excluding hydrogens is 513 g/mol. The molecular formula is C25H32IN5O. The minimum absolute atomic E-state index is 0. The molecule has 1 unspecified atom stereocenters. The SMILES string of the molecule is CCNC(=NCc1coc(-c2ccccc2)n1)NC(C)c1cccc(N2CCCC2)c1.I. The molecule has 2 N–H and O–H groups in total. The summed E-state index contributed by atoms with van der Waals surface area (Å²) in [6.45, 7) is 7.78. The van der Waals surface area contributed by atoms with Gasteiger partial charge in [0.15, 0.2) is 5.96 Å². The van der Waals surface area contributed by atoms with Gasteiger partial charge in [-0.25, -0.2) is 9.98 Å². The molecule has 0 aliphatic carbocycles. The highest BCUT2D eigenvalue weighted by Crippen LogP contribution is 2.24. The molecule has 2 heterocycles. The number of benzene rings is 2. The zero-order chi connectivity index (χ0) is 21.5. The third-order valence-corrected chi connectivity index (χ3v) is 5.51. The molecule has 6 nitrogen and oxygen atoms in total. The van der Waals surface area contributed by atoms with Crippen molar-refractivity contribution in [3.05, 3.63) is 72.1 Å². The van der Waals surface area contributed by atoms with Crippen LogP contribution in [-0.4, -0.2) is 30.6 Å². The van der Waals surface area contributed by atoms with Gasteiger partial charge in [0, 0.05) is 30.9 Å². The fourth-order valence-electron chi connectivity index (χ4n) is 3.83. The minimum Gasteiger partial charge on any atom is -0.444 e. The fourth-order valence-corrected chi connectivity index (χ4v) is 3.83. The lowest BCUT2D eigenvalue weighted by Gasteiger charge is -2.22. The zero-order valence-electron chi connectivity index (χ0n) is 18.8. The summed E-state index contributed by atoms with van der Waals surface area (Å²) in [4.78, 5) is 11.8. The van der Waals surface area contributed by atoms with Crippen molar-refractivity contribution in [1.82, 2.24) is 15.6 Å². The van der Waals surface area contributed by atoms with E-state index in [-0.39, 0.29) is 30.0 Å². The number of guanidine groups is 1. The van der Waals surface area contributed by atoms with E-state index < -0.39 is 0 Å². The van der Waals surface area contributed by atoms with E-state index >= 15 is 0 Å². The predicted octanol–water partition coefficient (Wildman–Crippen LogP) is 5.38. The Morgan fingerprint density at radius 3 is 2.66 bits per heavy atom. The van der Waals surface area contributed by atoms with Gasteiger partial charge in [-0.05, 0) is 56.5 Å². The molecule has 2 aromatic carbocycles. The summed E-state index contributed by atoms with van der Waals surface area (Å²) in [5, 5.41) is 6.85. The Morgan fingerprint density at radius 2 is 1.91 bits per heavy atom. The van der Waals surface area contributed by atoms with Crippen LogP contribution in [0.4, 0.5) is 5.69 Å². The number of rotatable bonds is 7. The van der Waals surface area contributed by atoms with E-state index in [0.717, 1.165) is 36.9 Å². The van der Waals surface area contributed by atoms with Crippen LogP contribution in [0.3, 0.4) is 0 Å². The third-order valence-electron chi connectivity index (χ3n) is 5.51. The van der Waals surface area contributed by atoms with Crippen molar-refractivity contribution in [2.75, 3.05) is 24.5 Å². The number of nitrogens with one attached hydrogen (secondary N) is 2. The largest absolute Gasteiger partial charge is 0.444 e. The van der Waals surface area contributed by atoms with Crippen molar-refractivity contribution in [2.45, 2.75) is 39.3 Å². The van der Waals surface area contributed by atoms with Crippen molar-refractivity contribution in [1.29, 1.82) is 0 Å². The second-order valence-electron chi connectivity index (χ2n) is 7.86. The monoisotopic (exact) mass is 545 g/mol. The summed E-state index contributed by atoms with van der Waals surface area (Å²) in [7, 11) is 0. The molecule has 4 rings (SSSR count). The number of anilines is 1. The molecule has 1 fully saturated rings. The lowest BCUT2D eigenvalue weighted by Crippen LogP contribution is -2.38. The Morgan fingerprint density at radius 1 is 1.12 bits per heavy atom. The van der Waals surface area contributed by atoms with Crippen LogP contribution in [0.2, 0.25) is 0 Å². The lowest BCUT2D eigenvalue weighted by molar-refractivity contribution is 0.572. The van der Waals surface area contributed by atoms with E-state index in [1.54, 1.807) is 6.26 Å². The summed E-state index contributed by atoms with van der Waals surface area (Å²) in [5.41, 5.74) is 4.33. The quantitative estimate of drug-likeness (QED) is 0.237. The standard InChI is InChI=1S/C25H31N5O.HI/c1-3-26-25(27-17-22-18-31-24(29-22)20-10-5-4-6-11-20)28-19(2)21-12-9-13-23(16-21)30-14-7-8-15-30;/h4-6,9-13,16,18-19H,3,7-8,14-15,17H2,1-2H3,(H2,26,27,28);1H. The van der Waals surface area contributed by atoms with Gasteiger partial charge in [0.25, 0.3) is 0 Å². The second-order valence-corrected chi connectivity index (χ2v) is 7.86. The number of nitrogens with zero attached hydrogens (tertiary/aromatic N) is 3. The number of aliphatic imine (C=N–C) groups is 1. The average molecular weight is 545 g/mol. The molecule has 1 atom stereocenters. The second kappa shape index (κ2) is 11.9. The first kappa shape index (κ1) is 24.1. The topological polar surface area (TPSA) is 65.7 Å². The number of halogens is 1. The van der Waals surface area contributed by atoms with E-state index in [1.807, 2.05) is 30.3 Å². The van der Waals surface area contributed by atoms with Gasteiger partial charge in [-0.15, -0.1) is 24.0 Å². The van der Waals surface area contributed by atoms with Crippen molar-refractivity contribution in [3.63, 3.8) is 0 Å². The summed E-state index contributed by atoms with van der Waals surface area (Å²) in [6.07, 6.45) is 4.24. The minimum atomic E-state index is 0. The summed E-state index contributed by atoms with van der Waals surface area (Å²) in [5.74, 6) is 1.39. The first-order valence-electron chi connectivity index (χ1n) is 11.1. The smallest absolute Gasteiger partial charge is 0.226 e. The Labute approximate surface area is 207 Å². The normalized spacial score (nSPS) is 14.7. The van der Waals surface area contributed by atoms with Crippen molar-refractivity contribution in [3.8, 4) is 11.5 Å². The highest BCUT2D eigenvalue weighted by Gasteiger charge is 2.15.